The maximum atomic E-state index is 7.00. The molecule has 0 saturated carbocycles. The monoisotopic (exact) mass is 500 g/mol. The van der Waals surface area contributed by atoms with E-state index < -0.39 is 0 Å². The summed E-state index contributed by atoms with van der Waals surface area (Å²) in [4.78, 5) is 8.55. The molecule has 0 unspecified atom stereocenters. The number of aliphatic hydroxyl groups is 1. The van der Waals surface area contributed by atoms with Gasteiger partial charge in [-0.05, 0) is 48.3 Å². The number of pyridine rings is 2. The summed E-state index contributed by atoms with van der Waals surface area (Å²) in [6.07, 6.45) is 5.88. The van der Waals surface area contributed by atoms with Crippen molar-refractivity contribution in [3.8, 4) is 28.6 Å². The number of aliphatic hydroxyl groups excluding tert-OH is 1. The minimum Gasteiger partial charge on any atom is -0.494 e. The van der Waals surface area contributed by atoms with E-state index in [4.69, 9.17) is 26.2 Å². The molecule has 0 fully saturated rings. The summed E-state index contributed by atoms with van der Waals surface area (Å²) in [5.41, 5.74) is 2.48. The van der Waals surface area contributed by atoms with Gasteiger partial charge in [0.15, 0.2) is 5.82 Å². The van der Waals surface area contributed by atoms with Crippen molar-refractivity contribution in [1.82, 2.24) is 24.7 Å². The van der Waals surface area contributed by atoms with E-state index in [9.17, 15) is 0 Å². The molecule has 0 spiro atoms. The number of aryl methyl sites for hydroxylation is 1. The van der Waals surface area contributed by atoms with E-state index in [-0.39, 0.29) is 0 Å². The zero-order valence-electron chi connectivity index (χ0n) is 19.0. The van der Waals surface area contributed by atoms with Gasteiger partial charge in [0.2, 0.25) is 5.95 Å². The van der Waals surface area contributed by atoms with Crippen LogP contribution in [0.5, 0.6) is 11.5 Å². The standard InChI is InChI=1S/C22H21ClN6O2S.CH4O/c1-30-18-6-3-7-19(31-2)20(18)29-21(15-5-4-11-24-13-15)26-27-22(29)28-32-12-10-17-9-8-16(23)14-25-17;1-2/h3-9,11,13-14H,10,12H2,1-2H3,(H,27,28);2H,1H3. The second kappa shape index (κ2) is 12.8. The van der Waals surface area contributed by atoms with Crippen molar-refractivity contribution in [1.29, 1.82) is 0 Å². The molecule has 178 valence electrons. The van der Waals surface area contributed by atoms with Gasteiger partial charge in [-0.1, -0.05) is 17.7 Å². The average molecular weight is 501 g/mol. The fraction of sp³-hybridized carbons (Fsp3) is 0.217. The van der Waals surface area contributed by atoms with E-state index in [2.05, 4.69) is 24.9 Å². The molecule has 0 aliphatic heterocycles. The smallest absolute Gasteiger partial charge is 0.239 e. The van der Waals surface area contributed by atoms with Gasteiger partial charge in [-0.2, -0.15) is 0 Å². The molecule has 2 N–H and O–H groups in total. The summed E-state index contributed by atoms with van der Waals surface area (Å²) in [6.45, 7) is 0. The molecule has 4 aromatic rings. The van der Waals surface area contributed by atoms with Gasteiger partial charge in [-0.3, -0.25) is 19.3 Å². The van der Waals surface area contributed by atoms with Crippen LogP contribution in [0.2, 0.25) is 5.02 Å². The Morgan fingerprint density at radius 2 is 1.76 bits per heavy atom. The molecule has 4 rings (SSSR count). The molecule has 0 saturated heterocycles. The van der Waals surface area contributed by atoms with Gasteiger partial charge in [-0.25, -0.2) is 0 Å². The molecule has 0 bridgehead atoms. The van der Waals surface area contributed by atoms with E-state index >= 15 is 0 Å². The average Bonchev–Trinajstić information content (AvgIpc) is 3.32. The van der Waals surface area contributed by atoms with Crippen LogP contribution in [0.3, 0.4) is 0 Å². The number of methoxy groups -OCH3 is 2. The van der Waals surface area contributed by atoms with Gasteiger partial charge in [0, 0.05) is 49.1 Å². The van der Waals surface area contributed by atoms with E-state index in [1.807, 2.05) is 47.0 Å². The van der Waals surface area contributed by atoms with Crippen LogP contribution in [-0.4, -0.2) is 56.9 Å². The molecule has 0 atom stereocenters. The third-order valence-corrected chi connectivity index (χ3v) is 5.58. The number of para-hydroxylation sites is 1. The number of rotatable bonds is 9. The lowest BCUT2D eigenvalue weighted by atomic mass is 10.2. The Kier molecular flexibility index (Phi) is 9.51. The van der Waals surface area contributed by atoms with Crippen LogP contribution < -0.4 is 14.2 Å². The van der Waals surface area contributed by atoms with E-state index in [1.54, 1.807) is 32.8 Å². The summed E-state index contributed by atoms with van der Waals surface area (Å²) in [6, 6.07) is 13.2. The zero-order valence-corrected chi connectivity index (χ0v) is 20.5. The molecule has 9 nitrogen and oxygen atoms in total. The SMILES string of the molecule is CO.COc1cccc(OC)c1-n1c(NSCCc2ccc(Cl)cn2)nnc1-c1cccnc1. The lowest BCUT2D eigenvalue weighted by Crippen LogP contribution is -2.07. The number of benzene rings is 1. The van der Waals surface area contributed by atoms with Crippen molar-refractivity contribution >= 4 is 29.5 Å². The van der Waals surface area contributed by atoms with Gasteiger partial charge in [0.1, 0.15) is 17.2 Å². The van der Waals surface area contributed by atoms with Crippen molar-refractivity contribution in [3.05, 3.63) is 71.8 Å². The maximum Gasteiger partial charge on any atom is 0.239 e. The third-order valence-electron chi connectivity index (χ3n) is 4.62. The van der Waals surface area contributed by atoms with Crippen molar-refractivity contribution in [3.63, 3.8) is 0 Å². The predicted octanol–water partition coefficient (Wildman–Crippen LogP) is 4.31. The Morgan fingerprint density at radius 1 is 1.00 bits per heavy atom. The summed E-state index contributed by atoms with van der Waals surface area (Å²) in [5.74, 6) is 3.19. The number of aromatic nitrogens is 5. The summed E-state index contributed by atoms with van der Waals surface area (Å²) in [7, 11) is 4.24. The molecule has 0 radical (unpaired) electrons. The van der Waals surface area contributed by atoms with Gasteiger partial charge in [-0.15, -0.1) is 10.2 Å². The van der Waals surface area contributed by atoms with Crippen molar-refractivity contribution in [2.75, 3.05) is 31.8 Å². The Hall–Kier alpha value is -3.34. The number of anilines is 1. The number of hydrogen-bond acceptors (Lipinski definition) is 9. The summed E-state index contributed by atoms with van der Waals surface area (Å²) in [5, 5.41) is 16.4. The normalized spacial score (nSPS) is 10.3. The van der Waals surface area contributed by atoms with Crippen LogP contribution in [0.4, 0.5) is 5.95 Å². The van der Waals surface area contributed by atoms with Gasteiger partial charge < -0.3 is 14.6 Å². The highest BCUT2D eigenvalue weighted by Crippen LogP contribution is 2.37. The first-order chi connectivity index (χ1) is 16.7. The first kappa shape index (κ1) is 25.3. The lowest BCUT2D eigenvalue weighted by Gasteiger charge is -2.17. The number of ether oxygens (including phenoxy) is 2. The van der Waals surface area contributed by atoms with Crippen LogP contribution >= 0.6 is 23.5 Å². The molecular formula is C23H25ClN6O3S. The molecule has 34 heavy (non-hydrogen) atoms. The van der Waals surface area contributed by atoms with Crippen LogP contribution in [0.1, 0.15) is 5.69 Å². The predicted molar refractivity (Wildman–Crippen MR) is 135 cm³/mol. The lowest BCUT2D eigenvalue weighted by molar-refractivity contribution is 0.391. The van der Waals surface area contributed by atoms with Crippen molar-refractivity contribution in [2.45, 2.75) is 6.42 Å². The third kappa shape index (κ3) is 5.96. The quantitative estimate of drug-likeness (QED) is 0.257. The maximum absolute atomic E-state index is 7.00. The van der Waals surface area contributed by atoms with Gasteiger partial charge in [0.25, 0.3) is 0 Å². The second-order valence-corrected chi connectivity index (χ2v) is 7.94. The molecule has 1 aromatic carbocycles. The molecule has 11 heteroatoms. The highest BCUT2D eigenvalue weighted by Gasteiger charge is 2.22. The Balaban J connectivity index is 0.00000158. The number of nitrogens with zero attached hydrogens (tertiary/aromatic N) is 5. The fourth-order valence-electron chi connectivity index (χ4n) is 3.12. The Morgan fingerprint density at radius 3 is 2.38 bits per heavy atom. The van der Waals surface area contributed by atoms with Crippen LogP contribution in [0.15, 0.2) is 61.1 Å². The van der Waals surface area contributed by atoms with E-state index in [0.29, 0.717) is 34.0 Å². The minimum atomic E-state index is 0.542. The van der Waals surface area contributed by atoms with Gasteiger partial charge in [0.05, 0.1) is 19.2 Å². The van der Waals surface area contributed by atoms with Gasteiger partial charge >= 0.3 is 0 Å². The second-order valence-electron chi connectivity index (χ2n) is 6.60. The van der Waals surface area contributed by atoms with Crippen LogP contribution in [0, 0.1) is 0 Å². The Bertz CT molecular complexity index is 1150. The largest absolute Gasteiger partial charge is 0.494 e. The molecule has 0 amide bonds. The topological polar surface area (TPSA) is 107 Å². The highest BCUT2D eigenvalue weighted by atomic mass is 35.5. The number of hydrogen-bond donors (Lipinski definition) is 2. The van der Waals surface area contributed by atoms with E-state index in [0.717, 1.165) is 30.5 Å². The minimum absolute atomic E-state index is 0.542. The first-order valence-electron chi connectivity index (χ1n) is 10.2. The number of nitrogens with one attached hydrogen (secondary N) is 1. The van der Waals surface area contributed by atoms with Crippen LogP contribution in [-0.2, 0) is 6.42 Å². The van der Waals surface area contributed by atoms with Crippen molar-refractivity contribution in [2.24, 2.45) is 0 Å². The molecule has 3 aromatic heterocycles. The fourth-order valence-corrected chi connectivity index (χ4v) is 3.91. The van der Waals surface area contributed by atoms with Crippen molar-refractivity contribution < 1.29 is 14.6 Å². The van der Waals surface area contributed by atoms with E-state index in [1.165, 1.54) is 11.9 Å². The zero-order chi connectivity index (χ0) is 24.3. The molecule has 0 aliphatic carbocycles. The molecule has 0 aliphatic rings. The highest BCUT2D eigenvalue weighted by molar-refractivity contribution is 8.00. The molecular weight excluding hydrogens is 476 g/mol. The molecule has 3 heterocycles. The van der Waals surface area contributed by atoms with Crippen LogP contribution in [0.25, 0.3) is 17.1 Å². The number of halogens is 1. The summed E-state index contributed by atoms with van der Waals surface area (Å²) < 4.78 is 16.4. The first-order valence-corrected chi connectivity index (χ1v) is 11.6. The Labute approximate surface area is 207 Å². The summed E-state index contributed by atoms with van der Waals surface area (Å²) >= 11 is 7.41.